The molecule has 0 bridgehead atoms. The number of rotatable bonds is 1. The van der Waals surface area contributed by atoms with Crippen molar-refractivity contribution in [3.05, 3.63) is 48.6 Å². The van der Waals surface area contributed by atoms with Gasteiger partial charge in [0.2, 0.25) is 0 Å². The van der Waals surface area contributed by atoms with Crippen LogP contribution in [0, 0.1) is 5.92 Å². The molecule has 0 radical (unpaired) electrons. The Bertz CT molecular complexity index is 394. The highest BCUT2D eigenvalue weighted by Crippen LogP contribution is 2.17. The molecule has 1 atom stereocenters. The van der Waals surface area contributed by atoms with E-state index < -0.39 is 0 Å². The molecule has 14 heavy (non-hydrogen) atoms. The van der Waals surface area contributed by atoms with Gasteiger partial charge >= 0.3 is 0 Å². The summed E-state index contributed by atoms with van der Waals surface area (Å²) >= 11 is 0. The summed E-state index contributed by atoms with van der Waals surface area (Å²) in [5.74, 6) is 0.474. The van der Waals surface area contributed by atoms with E-state index in [1.54, 1.807) is 6.20 Å². The normalized spacial score (nSPS) is 21.4. The number of imidazole rings is 1. The Morgan fingerprint density at radius 2 is 2.14 bits per heavy atom. The molecular formula is C12H14N2. The summed E-state index contributed by atoms with van der Waals surface area (Å²) in [7, 11) is 0. The molecule has 2 heteroatoms. The van der Waals surface area contributed by atoms with Crippen molar-refractivity contribution >= 4 is 5.70 Å². The lowest BCUT2D eigenvalue weighted by Gasteiger charge is -2.03. The first-order chi connectivity index (χ1) is 6.75. The summed E-state index contributed by atoms with van der Waals surface area (Å²) in [6, 6.07) is 0. The first-order valence-electron chi connectivity index (χ1n) is 4.82. The van der Waals surface area contributed by atoms with Crippen LogP contribution in [-0.4, -0.2) is 9.55 Å². The van der Waals surface area contributed by atoms with Crippen LogP contribution >= 0.6 is 0 Å². The van der Waals surface area contributed by atoms with E-state index in [4.69, 9.17) is 0 Å². The minimum Gasteiger partial charge on any atom is -0.307 e. The fourth-order valence-electron chi connectivity index (χ4n) is 1.64. The predicted octanol–water partition coefficient (Wildman–Crippen LogP) is 2.88. The maximum atomic E-state index is 4.04. The summed E-state index contributed by atoms with van der Waals surface area (Å²) in [6.45, 7) is 4.31. The summed E-state index contributed by atoms with van der Waals surface area (Å²) in [5, 5.41) is 0. The van der Waals surface area contributed by atoms with Gasteiger partial charge in [-0.25, -0.2) is 4.98 Å². The van der Waals surface area contributed by atoms with Crippen molar-refractivity contribution < 1.29 is 0 Å². The number of aromatic nitrogens is 2. The van der Waals surface area contributed by atoms with Gasteiger partial charge in [-0.05, 0) is 18.9 Å². The third kappa shape index (κ3) is 1.84. The second-order valence-electron chi connectivity index (χ2n) is 3.66. The van der Waals surface area contributed by atoms with Gasteiger partial charge in [0, 0.05) is 18.1 Å². The lowest BCUT2D eigenvalue weighted by atomic mass is 10.1. The second-order valence-corrected chi connectivity index (χ2v) is 3.66. The van der Waals surface area contributed by atoms with Crippen LogP contribution in [0.25, 0.3) is 5.70 Å². The molecule has 0 fully saturated rings. The van der Waals surface area contributed by atoms with Gasteiger partial charge in [0.1, 0.15) is 0 Å². The summed E-state index contributed by atoms with van der Waals surface area (Å²) in [5.41, 5.74) is 2.49. The Morgan fingerprint density at radius 3 is 2.86 bits per heavy atom. The highest BCUT2D eigenvalue weighted by molar-refractivity contribution is 5.60. The monoisotopic (exact) mass is 186 g/mol. The molecule has 0 saturated carbocycles. The largest absolute Gasteiger partial charge is 0.307 e. The molecule has 1 aromatic rings. The van der Waals surface area contributed by atoms with E-state index in [0.29, 0.717) is 5.92 Å². The molecule has 0 amide bonds. The predicted molar refractivity (Wildman–Crippen MR) is 58.6 cm³/mol. The second kappa shape index (κ2) is 3.66. The quantitative estimate of drug-likeness (QED) is 0.659. The maximum Gasteiger partial charge on any atom is 0.0991 e. The van der Waals surface area contributed by atoms with Gasteiger partial charge in [0.25, 0.3) is 0 Å². The fraction of sp³-hybridized carbons (Fsp3) is 0.250. The zero-order valence-corrected chi connectivity index (χ0v) is 8.51. The van der Waals surface area contributed by atoms with Crippen molar-refractivity contribution in [2.24, 2.45) is 5.92 Å². The SMILES string of the molecule is CC1=CC(C)C=C(n2ccnc2)C=C1. The number of allylic oxidation sites excluding steroid dienone is 6. The van der Waals surface area contributed by atoms with Crippen molar-refractivity contribution in [1.29, 1.82) is 0 Å². The van der Waals surface area contributed by atoms with Crippen molar-refractivity contribution in [3.63, 3.8) is 0 Å². The van der Waals surface area contributed by atoms with Gasteiger partial charge in [0.05, 0.1) is 6.33 Å². The van der Waals surface area contributed by atoms with Crippen LogP contribution in [0.5, 0.6) is 0 Å². The van der Waals surface area contributed by atoms with Gasteiger partial charge in [-0.2, -0.15) is 0 Å². The average Bonchev–Trinajstić information content (AvgIpc) is 2.59. The van der Waals surface area contributed by atoms with Crippen LogP contribution in [0.15, 0.2) is 48.6 Å². The Morgan fingerprint density at radius 1 is 1.29 bits per heavy atom. The minimum atomic E-state index is 0.474. The molecule has 2 rings (SSSR count). The first-order valence-corrected chi connectivity index (χ1v) is 4.82. The van der Waals surface area contributed by atoms with Crippen LogP contribution in [0.2, 0.25) is 0 Å². The molecule has 0 N–H and O–H groups in total. The van der Waals surface area contributed by atoms with Crippen LogP contribution in [0.4, 0.5) is 0 Å². The number of hydrogen-bond acceptors (Lipinski definition) is 1. The standard InChI is InChI=1S/C12H14N2/c1-10-3-4-12(8-11(2)7-10)14-6-5-13-9-14/h3-9,11H,1-2H3. The zero-order chi connectivity index (χ0) is 9.97. The number of hydrogen-bond donors (Lipinski definition) is 0. The van der Waals surface area contributed by atoms with Crippen LogP contribution in [0.1, 0.15) is 13.8 Å². The van der Waals surface area contributed by atoms with Crippen molar-refractivity contribution in [2.45, 2.75) is 13.8 Å². The molecular weight excluding hydrogens is 172 g/mol. The molecule has 72 valence electrons. The maximum absolute atomic E-state index is 4.04. The summed E-state index contributed by atoms with van der Waals surface area (Å²) < 4.78 is 2.03. The lowest BCUT2D eigenvalue weighted by Crippen LogP contribution is -1.92. The Labute approximate surface area is 84.3 Å². The van der Waals surface area contributed by atoms with Crippen LogP contribution < -0.4 is 0 Å². The van der Waals surface area contributed by atoms with E-state index in [1.807, 2.05) is 17.1 Å². The molecule has 1 aliphatic carbocycles. The van der Waals surface area contributed by atoms with E-state index in [0.717, 1.165) is 0 Å². The molecule has 0 aromatic carbocycles. The lowest BCUT2D eigenvalue weighted by molar-refractivity contribution is 0.923. The van der Waals surface area contributed by atoms with Gasteiger partial charge in [-0.15, -0.1) is 0 Å². The van der Waals surface area contributed by atoms with Crippen molar-refractivity contribution in [3.8, 4) is 0 Å². The van der Waals surface area contributed by atoms with Gasteiger partial charge in [0.15, 0.2) is 0 Å². The van der Waals surface area contributed by atoms with E-state index in [1.165, 1.54) is 11.3 Å². The van der Waals surface area contributed by atoms with Crippen molar-refractivity contribution in [1.82, 2.24) is 9.55 Å². The van der Waals surface area contributed by atoms with E-state index >= 15 is 0 Å². The third-order valence-corrected chi connectivity index (χ3v) is 2.28. The summed E-state index contributed by atoms with van der Waals surface area (Å²) in [4.78, 5) is 4.04. The Hall–Kier alpha value is -1.57. The molecule has 2 nitrogen and oxygen atoms in total. The first kappa shape index (κ1) is 9.00. The fourth-order valence-corrected chi connectivity index (χ4v) is 1.64. The third-order valence-electron chi connectivity index (χ3n) is 2.28. The van der Waals surface area contributed by atoms with E-state index in [9.17, 15) is 0 Å². The highest BCUT2D eigenvalue weighted by atomic mass is 15.0. The molecule has 1 heterocycles. The highest BCUT2D eigenvalue weighted by Gasteiger charge is 2.02. The molecule has 1 aliphatic rings. The van der Waals surface area contributed by atoms with Crippen LogP contribution in [-0.2, 0) is 0 Å². The molecule has 1 unspecified atom stereocenters. The topological polar surface area (TPSA) is 17.8 Å². The number of nitrogens with zero attached hydrogens (tertiary/aromatic N) is 2. The Balaban J connectivity index is 2.35. The molecule has 0 spiro atoms. The average molecular weight is 186 g/mol. The molecule has 0 saturated heterocycles. The van der Waals surface area contributed by atoms with E-state index in [-0.39, 0.29) is 0 Å². The summed E-state index contributed by atoms with van der Waals surface area (Å²) in [6.07, 6.45) is 14.3. The zero-order valence-electron chi connectivity index (χ0n) is 8.51. The van der Waals surface area contributed by atoms with Gasteiger partial charge in [-0.1, -0.05) is 30.7 Å². The minimum absolute atomic E-state index is 0.474. The molecule has 0 aliphatic heterocycles. The smallest absolute Gasteiger partial charge is 0.0991 e. The van der Waals surface area contributed by atoms with Crippen LogP contribution in [0.3, 0.4) is 0 Å². The van der Waals surface area contributed by atoms with E-state index in [2.05, 4.69) is 43.1 Å². The van der Waals surface area contributed by atoms with Gasteiger partial charge in [-0.3, -0.25) is 0 Å². The molecule has 1 aromatic heterocycles. The van der Waals surface area contributed by atoms with Gasteiger partial charge < -0.3 is 4.57 Å². The Kier molecular flexibility index (Phi) is 2.35. The van der Waals surface area contributed by atoms with Crippen molar-refractivity contribution in [2.75, 3.05) is 0 Å².